The molecule has 2 heterocycles. The topological polar surface area (TPSA) is 59.0 Å². The van der Waals surface area contributed by atoms with E-state index in [2.05, 4.69) is 0 Å². The van der Waals surface area contributed by atoms with Crippen molar-refractivity contribution in [2.75, 3.05) is 26.9 Å². The summed E-state index contributed by atoms with van der Waals surface area (Å²) in [7, 11) is 1.58. The van der Waals surface area contributed by atoms with Gasteiger partial charge < -0.3 is 19.5 Å². The first-order valence-electron chi connectivity index (χ1n) is 5.81. The van der Waals surface area contributed by atoms with Crippen LogP contribution in [0.1, 0.15) is 16.6 Å². The molecule has 1 fully saturated rings. The van der Waals surface area contributed by atoms with E-state index in [0.717, 1.165) is 0 Å². The molecular formula is C12H17NO4S. The average molecular weight is 271 g/mol. The van der Waals surface area contributed by atoms with E-state index in [1.165, 1.54) is 11.3 Å². The van der Waals surface area contributed by atoms with Crippen LogP contribution in [0.3, 0.4) is 0 Å². The number of hydrogen-bond acceptors (Lipinski definition) is 5. The molecule has 1 aromatic heterocycles. The lowest BCUT2D eigenvalue weighted by atomic mass is 10.2. The van der Waals surface area contributed by atoms with Crippen molar-refractivity contribution < 1.29 is 19.4 Å². The van der Waals surface area contributed by atoms with Gasteiger partial charge in [0, 0.05) is 18.0 Å². The SMILES string of the molecule is COc1csc(C(=O)N2CC(CO)OCC2C)c1. The van der Waals surface area contributed by atoms with Crippen LogP contribution in [0.25, 0.3) is 0 Å². The first-order chi connectivity index (χ1) is 8.65. The van der Waals surface area contributed by atoms with Crippen LogP contribution in [0.2, 0.25) is 0 Å². The second-order valence-electron chi connectivity index (χ2n) is 4.30. The molecule has 5 nitrogen and oxygen atoms in total. The highest BCUT2D eigenvalue weighted by atomic mass is 32.1. The first kappa shape index (κ1) is 13.3. The van der Waals surface area contributed by atoms with Crippen molar-refractivity contribution in [2.24, 2.45) is 0 Å². The molecule has 6 heteroatoms. The van der Waals surface area contributed by atoms with Gasteiger partial charge in [-0.1, -0.05) is 0 Å². The maximum atomic E-state index is 12.3. The smallest absolute Gasteiger partial charge is 0.264 e. The summed E-state index contributed by atoms with van der Waals surface area (Å²) >= 11 is 1.37. The Kier molecular flexibility index (Phi) is 4.21. The number of rotatable bonds is 3. The van der Waals surface area contributed by atoms with E-state index in [0.29, 0.717) is 23.8 Å². The zero-order chi connectivity index (χ0) is 13.1. The Morgan fingerprint density at radius 3 is 3.11 bits per heavy atom. The van der Waals surface area contributed by atoms with Crippen molar-refractivity contribution in [1.82, 2.24) is 4.90 Å². The highest BCUT2D eigenvalue weighted by Crippen LogP contribution is 2.24. The molecule has 0 saturated carbocycles. The largest absolute Gasteiger partial charge is 0.496 e. The third-order valence-electron chi connectivity index (χ3n) is 2.99. The van der Waals surface area contributed by atoms with Gasteiger partial charge in [-0.3, -0.25) is 4.79 Å². The fourth-order valence-electron chi connectivity index (χ4n) is 1.89. The predicted octanol–water partition coefficient (Wildman–Crippen LogP) is 0.978. The normalized spacial score (nSPS) is 24.1. The van der Waals surface area contributed by atoms with Crippen LogP contribution in [-0.2, 0) is 4.74 Å². The average Bonchev–Trinajstić information content (AvgIpc) is 2.87. The van der Waals surface area contributed by atoms with Crippen LogP contribution < -0.4 is 4.74 Å². The van der Waals surface area contributed by atoms with Crippen molar-refractivity contribution >= 4 is 17.2 Å². The Bertz CT molecular complexity index is 420. The number of methoxy groups -OCH3 is 1. The Morgan fingerprint density at radius 2 is 2.50 bits per heavy atom. The van der Waals surface area contributed by atoms with Crippen LogP contribution in [0.15, 0.2) is 11.4 Å². The van der Waals surface area contributed by atoms with E-state index in [4.69, 9.17) is 14.6 Å². The molecule has 2 unspecified atom stereocenters. The summed E-state index contributed by atoms with van der Waals surface area (Å²) in [6.07, 6.45) is -0.285. The van der Waals surface area contributed by atoms with Crippen molar-refractivity contribution in [3.8, 4) is 5.75 Å². The van der Waals surface area contributed by atoms with Gasteiger partial charge in [-0.05, 0) is 6.92 Å². The number of aliphatic hydroxyl groups is 1. The Balaban J connectivity index is 2.11. The van der Waals surface area contributed by atoms with Crippen LogP contribution in [0.4, 0.5) is 0 Å². The van der Waals surface area contributed by atoms with E-state index in [1.54, 1.807) is 18.1 Å². The molecule has 1 saturated heterocycles. The van der Waals surface area contributed by atoms with Crippen molar-refractivity contribution in [3.05, 3.63) is 16.3 Å². The van der Waals surface area contributed by atoms with Gasteiger partial charge in [0.05, 0.1) is 37.3 Å². The number of amides is 1. The second-order valence-corrected chi connectivity index (χ2v) is 5.21. The van der Waals surface area contributed by atoms with Gasteiger partial charge in [0.1, 0.15) is 5.75 Å². The van der Waals surface area contributed by atoms with E-state index in [1.807, 2.05) is 12.3 Å². The summed E-state index contributed by atoms with van der Waals surface area (Å²) in [5.74, 6) is 0.667. The minimum absolute atomic E-state index is 0.0217. The van der Waals surface area contributed by atoms with E-state index in [9.17, 15) is 4.79 Å². The molecule has 1 aliphatic heterocycles. The standard InChI is InChI=1S/C12H17NO4S/c1-8-6-17-10(5-14)4-13(8)12(15)11-3-9(16-2)7-18-11/h3,7-8,10,14H,4-6H2,1-2H3. The van der Waals surface area contributed by atoms with Gasteiger partial charge in [-0.15, -0.1) is 11.3 Å². The monoisotopic (exact) mass is 271 g/mol. The third kappa shape index (κ3) is 2.66. The molecule has 2 atom stereocenters. The van der Waals surface area contributed by atoms with Crippen molar-refractivity contribution in [1.29, 1.82) is 0 Å². The highest BCUT2D eigenvalue weighted by Gasteiger charge is 2.30. The van der Waals surface area contributed by atoms with Gasteiger partial charge in [0.15, 0.2) is 0 Å². The molecule has 1 N–H and O–H groups in total. The van der Waals surface area contributed by atoms with Gasteiger partial charge in [-0.25, -0.2) is 0 Å². The number of morpholine rings is 1. The molecule has 0 aliphatic carbocycles. The Hall–Kier alpha value is -1.11. The van der Waals surface area contributed by atoms with Gasteiger partial charge in [-0.2, -0.15) is 0 Å². The van der Waals surface area contributed by atoms with Gasteiger partial charge in [0.2, 0.25) is 0 Å². The summed E-state index contributed by atoms with van der Waals surface area (Å²) in [6, 6.07) is 1.76. The number of carbonyl (C=O) groups is 1. The molecule has 1 aliphatic rings. The molecule has 0 spiro atoms. The lowest BCUT2D eigenvalue weighted by Crippen LogP contribution is -2.51. The molecule has 18 heavy (non-hydrogen) atoms. The first-order valence-corrected chi connectivity index (χ1v) is 6.69. The lowest BCUT2D eigenvalue weighted by Gasteiger charge is -2.37. The highest BCUT2D eigenvalue weighted by molar-refractivity contribution is 7.12. The molecule has 0 bridgehead atoms. The number of aliphatic hydroxyl groups excluding tert-OH is 1. The number of nitrogens with zero attached hydrogens (tertiary/aromatic N) is 1. The molecule has 1 amide bonds. The van der Waals surface area contributed by atoms with E-state index >= 15 is 0 Å². The molecule has 1 aromatic rings. The number of carbonyl (C=O) groups excluding carboxylic acids is 1. The number of hydrogen-bond donors (Lipinski definition) is 1. The fourth-order valence-corrected chi connectivity index (χ4v) is 2.70. The molecule has 100 valence electrons. The van der Waals surface area contributed by atoms with Crippen molar-refractivity contribution in [3.63, 3.8) is 0 Å². The molecule has 0 radical (unpaired) electrons. The summed E-state index contributed by atoms with van der Waals surface area (Å²) in [4.78, 5) is 14.7. The van der Waals surface area contributed by atoms with Gasteiger partial charge >= 0.3 is 0 Å². The Morgan fingerprint density at radius 1 is 1.72 bits per heavy atom. The quantitative estimate of drug-likeness (QED) is 0.890. The third-order valence-corrected chi connectivity index (χ3v) is 3.89. The molecule has 2 rings (SSSR count). The van der Waals surface area contributed by atoms with Crippen LogP contribution in [0.5, 0.6) is 5.75 Å². The summed E-state index contributed by atoms with van der Waals surface area (Å²) in [5, 5.41) is 10.9. The minimum Gasteiger partial charge on any atom is -0.496 e. The zero-order valence-corrected chi connectivity index (χ0v) is 11.3. The summed E-state index contributed by atoms with van der Waals surface area (Å²) < 4.78 is 10.5. The van der Waals surface area contributed by atoms with Crippen LogP contribution >= 0.6 is 11.3 Å². The summed E-state index contributed by atoms with van der Waals surface area (Å²) in [6.45, 7) is 2.76. The maximum absolute atomic E-state index is 12.3. The van der Waals surface area contributed by atoms with Crippen LogP contribution in [0, 0.1) is 0 Å². The number of ether oxygens (including phenoxy) is 2. The molecular weight excluding hydrogens is 254 g/mol. The van der Waals surface area contributed by atoms with Crippen LogP contribution in [-0.4, -0.2) is 54.9 Å². The van der Waals surface area contributed by atoms with E-state index < -0.39 is 0 Å². The minimum atomic E-state index is -0.285. The maximum Gasteiger partial charge on any atom is 0.264 e. The summed E-state index contributed by atoms with van der Waals surface area (Å²) in [5.41, 5.74) is 0. The Labute approximate surface area is 110 Å². The van der Waals surface area contributed by atoms with E-state index in [-0.39, 0.29) is 24.7 Å². The second kappa shape index (κ2) is 5.69. The van der Waals surface area contributed by atoms with Crippen molar-refractivity contribution in [2.45, 2.75) is 19.1 Å². The lowest BCUT2D eigenvalue weighted by molar-refractivity contribution is -0.0666. The van der Waals surface area contributed by atoms with Gasteiger partial charge in [0.25, 0.3) is 5.91 Å². The predicted molar refractivity (Wildman–Crippen MR) is 68.2 cm³/mol. The number of thiophene rings is 1. The fraction of sp³-hybridized carbons (Fsp3) is 0.583. The zero-order valence-electron chi connectivity index (χ0n) is 10.5. The molecule has 0 aromatic carbocycles.